The highest BCUT2D eigenvalue weighted by Gasteiger charge is 2.24. The summed E-state index contributed by atoms with van der Waals surface area (Å²) in [6, 6.07) is 4.30. The summed E-state index contributed by atoms with van der Waals surface area (Å²) in [4.78, 5) is 4.13. The molecule has 0 aromatic carbocycles. The molecule has 0 spiro atoms. The van der Waals surface area contributed by atoms with E-state index < -0.39 is 0 Å². The Morgan fingerprint density at radius 1 is 1.13 bits per heavy atom. The summed E-state index contributed by atoms with van der Waals surface area (Å²) < 4.78 is 0. The zero-order valence-corrected chi connectivity index (χ0v) is 8.69. The molecule has 78 valence electrons. The first-order valence-corrected chi connectivity index (χ1v) is 4.92. The molecule has 1 atom stereocenters. The van der Waals surface area contributed by atoms with Crippen LogP contribution in [0.4, 0.5) is 0 Å². The largest absolute Gasteiger partial charge is 0.279 e. The first-order valence-electron chi connectivity index (χ1n) is 4.92. The van der Waals surface area contributed by atoms with Crippen molar-refractivity contribution in [3.63, 3.8) is 0 Å². The van der Waals surface area contributed by atoms with Gasteiger partial charge in [0.2, 0.25) is 0 Å². The second-order valence-electron chi connectivity index (χ2n) is 3.75. The third-order valence-electron chi connectivity index (χ3n) is 2.42. The summed E-state index contributed by atoms with van der Waals surface area (Å²) >= 11 is 0. The molecular weight excluding hydrogens is 188 g/mol. The molecule has 0 radical (unpaired) electrons. The van der Waals surface area contributed by atoms with Crippen LogP contribution in [0.2, 0.25) is 0 Å². The fourth-order valence-electron chi connectivity index (χ4n) is 1.90. The van der Waals surface area contributed by atoms with Gasteiger partial charge in [-0.3, -0.25) is 9.80 Å². The monoisotopic (exact) mass is 202 g/mol. The van der Waals surface area contributed by atoms with Crippen molar-refractivity contribution < 1.29 is 0 Å². The predicted octanol–water partition coefficient (Wildman–Crippen LogP) is 0.248. The molecule has 1 saturated heterocycles. The van der Waals surface area contributed by atoms with Crippen molar-refractivity contribution in [3.8, 4) is 24.5 Å². The number of terminal acetylenes is 1. The van der Waals surface area contributed by atoms with E-state index in [1.807, 2.05) is 4.90 Å². The average Bonchev–Trinajstić information content (AvgIpc) is 2.19. The van der Waals surface area contributed by atoms with E-state index in [0.29, 0.717) is 25.4 Å². The molecule has 0 aliphatic carbocycles. The minimum atomic E-state index is 0.311. The van der Waals surface area contributed by atoms with Crippen molar-refractivity contribution in [3.05, 3.63) is 0 Å². The molecule has 15 heavy (non-hydrogen) atoms. The second-order valence-corrected chi connectivity index (χ2v) is 3.75. The molecule has 0 bridgehead atoms. The third kappa shape index (κ3) is 3.60. The normalized spacial score (nSPS) is 22.6. The van der Waals surface area contributed by atoms with Crippen molar-refractivity contribution in [2.45, 2.75) is 6.42 Å². The summed E-state index contributed by atoms with van der Waals surface area (Å²) in [5, 5.41) is 17.3. The number of nitrogens with zero attached hydrogens (tertiary/aromatic N) is 4. The molecular formula is C11H14N4. The zero-order valence-electron chi connectivity index (χ0n) is 8.69. The molecule has 1 fully saturated rings. The first kappa shape index (κ1) is 11.5. The van der Waals surface area contributed by atoms with E-state index in [4.69, 9.17) is 16.9 Å². The van der Waals surface area contributed by atoms with E-state index in [-0.39, 0.29) is 0 Å². The van der Waals surface area contributed by atoms with Gasteiger partial charge in [0, 0.05) is 19.5 Å². The van der Waals surface area contributed by atoms with Gasteiger partial charge < -0.3 is 0 Å². The van der Waals surface area contributed by atoms with E-state index in [1.54, 1.807) is 0 Å². The number of hydrogen-bond acceptors (Lipinski definition) is 4. The Morgan fingerprint density at radius 3 is 2.33 bits per heavy atom. The van der Waals surface area contributed by atoms with Gasteiger partial charge in [-0.2, -0.15) is 10.5 Å². The molecule has 1 aliphatic rings. The van der Waals surface area contributed by atoms with Crippen LogP contribution in [-0.4, -0.2) is 42.6 Å². The van der Waals surface area contributed by atoms with Gasteiger partial charge in [-0.15, -0.1) is 6.42 Å². The molecule has 0 N–H and O–H groups in total. The highest BCUT2D eigenvalue weighted by atomic mass is 15.3. The smallest absolute Gasteiger partial charge is 0.0876 e. The summed E-state index contributed by atoms with van der Waals surface area (Å²) in [6.07, 6.45) is 5.79. The van der Waals surface area contributed by atoms with Gasteiger partial charge in [-0.25, -0.2) is 0 Å². The van der Waals surface area contributed by atoms with Gasteiger partial charge in [0.05, 0.1) is 31.9 Å². The quantitative estimate of drug-likeness (QED) is 0.486. The molecule has 0 amide bonds. The second kappa shape index (κ2) is 6.04. The standard InChI is InChI=1S/C11H14N4/c1-2-6-14-8-11(3-4-12)9-15(10-14)7-5-13/h1,11H,3,6-10H2. The van der Waals surface area contributed by atoms with Gasteiger partial charge in [-0.1, -0.05) is 5.92 Å². The lowest BCUT2D eigenvalue weighted by atomic mass is 10.0. The topological polar surface area (TPSA) is 54.1 Å². The number of rotatable bonds is 3. The molecule has 4 heteroatoms. The molecule has 0 aromatic rings. The Kier molecular flexibility index (Phi) is 4.64. The third-order valence-corrected chi connectivity index (χ3v) is 2.42. The van der Waals surface area contributed by atoms with Crippen LogP contribution in [0.25, 0.3) is 0 Å². The summed E-state index contributed by atoms with van der Waals surface area (Å²) in [6.45, 7) is 3.41. The molecule has 1 aliphatic heterocycles. The van der Waals surface area contributed by atoms with Gasteiger partial charge in [0.25, 0.3) is 0 Å². The van der Waals surface area contributed by atoms with Crippen LogP contribution in [0.1, 0.15) is 6.42 Å². The molecule has 1 heterocycles. The zero-order chi connectivity index (χ0) is 11.1. The minimum absolute atomic E-state index is 0.311. The summed E-state index contributed by atoms with van der Waals surface area (Å²) in [5.74, 6) is 2.91. The molecule has 0 aromatic heterocycles. The average molecular weight is 202 g/mol. The van der Waals surface area contributed by atoms with Gasteiger partial charge in [-0.05, 0) is 5.92 Å². The Bertz CT molecular complexity index is 259. The highest BCUT2D eigenvalue weighted by molar-refractivity contribution is 4.93. The number of hydrogen-bond donors (Lipinski definition) is 0. The van der Waals surface area contributed by atoms with Crippen LogP contribution in [0, 0.1) is 40.9 Å². The summed E-state index contributed by atoms with van der Waals surface area (Å²) in [7, 11) is 0. The van der Waals surface area contributed by atoms with Crippen molar-refractivity contribution in [1.82, 2.24) is 9.80 Å². The first-order chi connectivity index (χ1) is 7.30. The van der Waals surface area contributed by atoms with Crippen molar-refractivity contribution in [1.29, 1.82) is 10.5 Å². The lowest BCUT2D eigenvalue weighted by Crippen LogP contribution is -2.49. The lowest BCUT2D eigenvalue weighted by molar-refractivity contribution is 0.0690. The van der Waals surface area contributed by atoms with Gasteiger partial charge in [0.15, 0.2) is 0 Å². The molecule has 1 rings (SSSR count). The predicted molar refractivity (Wildman–Crippen MR) is 56.2 cm³/mol. The van der Waals surface area contributed by atoms with E-state index in [0.717, 1.165) is 19.8 Å². The van der Waals surface area contributed by atoms with E-state index >= 15 is 0 Å². The van der Waals surface area contributed by atoms with E-state index in [1.165, 1.54) is 0 Å². The fraction of sp³-hybridized carbons (Fsp3) is 0.636. The van der Waals surface area contributed by atoms with Crippen molar-refractivity contribution >= 4 is 0 Å². The molecule has 4 nitrogen and oxygen atoms in total. The highest BCUT2D eigenvalue weighted by Crippen LogP contribution is 2.14. The SMILES string of the molecule is C#CCN1CC(CC#N)CN(CC#N)C1. The minimum Gasteiger partial charge on any atom is -0.279 e. The maximum Gasteiger partial charge on any atom is 0.0876 e. The van der Waals surface area contributed by atoms with Crippen LogP contribution in [0.15, 0.2) is 0 Å². The van der Waals surface area contributed by atoms with E-state index in [9.17, 15) is 0 Å². The fourth-order valence-corrected chi connectivity index (χ4v) is 1.90. The Hall–Kier alpha value is -1.54. The van der Waals surface area contributed by atoms with Crippen molar-refractivity contribution in [2.75, 3.05) is 32.8 Å². The Balaban J connectivity index is 2.54. The van der Waals surface area contributed by atoms with Gasteiger partial charge in [0.1, 0.15) is 0 Å². The summed E-state index contributed by atoms with van der Waals surface area (Å²) in [5.41, 5.74) is 0. The van der Waals surface area contributed by atoms with Crippen LogP contribution in [0.3, 0.4) is 0 Å². The maximum atomic E-state index is 8.66. The molecule has 0 saturated carbocycles. The van der Waals surface area contributed by atoms with E-state index in [2.05, 4.69) is 23.0 Å². The van der Waals surface area contributed by atoms with Crippen LogP contribution in [0.5, 0.6) is 0 Å². The van der Waals surface area contributed by atoms with Gasteiger partial charge >= 0.3 is 0 Å². The Labute approximate surface area is 90.7 Å². The lowest BCUT2D eigenvalue weighted by Gasteiger charge is -2.37. The van der Waals surface area contributed by atoms with Crippen LogP contribution < -0.4 is 0 Å². The molecule has 1 unspecified atom stereocenters. The van der Waals surface area contributed by atoms with Crippen LogP contribution in [-0.2, 0) is 0 Å². The van der Waals surface area contributed by atoms with Crippen LogP contribution >= 0.6 is 0 Å². The van der Waals surface area contributed by atoms with Crippen molar-refractivity contribution in [2.24, 2.45) is 5.92 Å². The Morgan fingerprint density at radius 2 is 1.80 bits per heavy atom. The maximum absolute atomic E-state index is 8.66. The number of nitriles is 2.